The minimum atomic E-state index is -3.60. The molecular formula is C18H28N4O4S. The van der Waals surface area contributed by atoms with Crippen molar-refractivity contribution < 1.29 is 17.9 Å². The summed E-state index contributed by atoms with van der Waals surface area (Å²) in [5.74, 6) is -0.193. The number of ether oxygens (including phenoxy) is 1. The third kappa shape index (κ3) is 5.98. The third-order valence-corrected chi connectivity index (χ3v) is 6.31. The Hall–Kier alpha value is -1.52. The number of carbonyl (C=O) groups is 1. The average molecular weight is 397 g/mol. The van der Waals surface area contributed by atoms with E-state index in [9.17, 15) is 13.2 Å². The molecule has 0 aromatic heterocycles. The molecule has 1 atom stereocenters. The monoisotopic (exact) mass is 396 g/mol. The van der Waals surface area contributed by atoms with Gasteiger partial charge in [-0.2, -0.15) is 0 Å². The van der Waals surface area contributed by atoms with Crippen molar-refractivity contribution in [3.8, 4) is 0 Å². The van der Waals surface area contributed by atoms with Gasteiger partial charge in [0, 0.05) is 58.0 Å². The second kappa shape index (κ2) is 9.61. The van der Waals surface area contributed by atoms with Crippen molar-refractivity contribution in [2.75, 3.05) is 52.4 Å². The summed E-state index contributed by atoms with van der Waals surface area (Å²) in [5.41, 5.74) is 0.452. The molecule has 1 aromatic carbocycles. The Kier molecular flexibility index (Phi) is 7.20. The first-order chi connectivity index (χ1) is 13.0. The molecular weight excluding hydrogens is 368 g/mol. The van der Waals surface area contributed by atoms with Crippen LogP contribution in [0.1, 0.15) is 23.2 Å². The summed E-state index contributed by atoms with van der Waals surface area (Å²) in [5, 5.41) is 6.18. The Bertz CT molecular complexity index is 711. The maximum Gasteiger partial charge on any atom is 0.251 e. The molecule has 0 saturated carbocycles. The number of piperazine rings is 1. The molecule has 0 radical (unpaired) electrons. The molecule has 2 aliphatic heterocycles. The van der Waals surface area contributed by atoms with Crippen LogP contribution in [0, 0.1) is 0 Å². The van der Waals surface area contributed by atoms with Gasteiger partial charge in [0.1, 0.15) is 0 Å². The van der Waals surface area contributed by atoms with Crippen molar-refractivity contribution in [2.45, 2.75) is 23.8 Å². The van der Waals surface area contributed by atoms with E-state index in [1.807, 2.05) is 0 Å². The molecule has 2 fully saturated rings. The first-order valence-corrected chi connectivity index (χ1v) is 11.0. The van der Waals surface area contributed by atoms with Crippen molar-refractivity contribution >= 4 is 15.9 Å². The molecule has 1 amide bonds. The zero-order valence-electron chi connectivity index (χ0n) is 15.4. The quantitative estimate of drug-likeness (QED) is 0.562. The summed E-state index contributed by atoms with van der Waals surface area (Å²) in [6.45, 7) is 6.27. The Morgan fingerprint density at radius 2 is 1.96 bits per heavy atom. The largest absolute Gasteiger partial charge is 0.377 e. The summed E-state index contributed by atoms with van der Waals surface area (Å²) < 4.78 is 32.7. The van der Waals surface area contributed by atoms with Crippen LogP contribution < -0.4 is 15.4 Å². The zero-order valence-corrected chi connectivity index (χ0v) is 16.3. The van der Waals surface area contributed by atoms with Gasteiger partial charge in [-0.15, -0.1) is 0 Å². The van der Waals surface area contributed by atoms with E-state index < -0.39 is 10.0 Å². The Balaban J connectivity index is 1.47. The molecule has 3 N–H and O–H groups in total. The first kappa shape index (κ1) is 20.2. The minimum Gasteiger partial charge on any atom is -0.377 e. The van der Waals surface area contributed by atoms with E-state index in [1.54, 1.807) is 12.1 Å². The number of hydrogen-bond acceptors (Lipinski definition) is 6. The van der Waals surface area contributed by atoms with Crippen LogP contribution in [-0.2, 0) is 14.8 Å². The lowest BCUT2D eigenvalue weighted by atomic mass is 10.2. The second-order valence-electron chi connectivity index (χ2n) is 6.86. The predicted molar refractivity (Wildman–Crippen MR) is 102 cm³/mol. The number of nitrogens with one attached hydrogen (secondary N) is 3. The van der Waals surface area contributed by atoms with Crippen LogP contribution in [0.5, 0.6) is 0 Å². The topological polar surface area (TPSA) is 99.8 Å². The fraction of sp³-hybridized carbons (Fsp3) is 0.611. The highest BCUT2D eigenvalue weighted by molar-refractivity contribution is 7.89. The van der Waals surface area contributed by atoms with Gasteiger partial charge < -0.3 is 15.4 Å². The fourth-order valence-electron chi connectivity index (χ4n) is 3.24. The smallest absolute Gasteiger partial charge is 0.251 e. The van der Waals surface area contributed by atoms with Gasteiger partial charge >= 0.3 is 0 Å². The highest BCUT2D eigenvalue weighted by Gasteiger charge is 2.20. The van der Waals surface area contributed by atoms with Crippen LogP contribution in [0.15, 0.2) is 29.2 Å². The number of carbonyl (C=O) groups excluding carboxylic acids is 1. The molecule has 8 nitrogen and oxygen atoms in total. The zero-order chi connectivity index (χ0) is 19.1. The second-order valence-corrected chi connectivity index (χ2v) is 8.63. The summed E-state index contributed by atoms with van der Waals surface area (Å²) in [6.07, 6.45) is 1.78. The van der Waals surface area contributed by atoms with E-state index in [0.717, 1.165) is 45.6 Å². The lowest BCUT2D eigenvalue weighted by Gasteiger charge is -2.27. The molecule has 27 heavy (non-hydrogen) atoms. The van der Waals surface area contributed by atoms with Crippen LogP contribution in [0.4, 0.5) is 0 Å². The third-order valence-electron chi connectivity index (χ3n) is 4.88. The maximum atomic E-state index is 12.3. The van der Waals surface area contributed by atoms with E-state index in [4.69, 9.17) is 4.74 Å². The summed E-state index contributed by atoms with van der Waals surface area (Å²) in [6, 6.07) is 6.01. The van der Waals surface area contributed by atoms with Crippen molar-refractivity contribution in [1.82, 2.24) is 20.3 Å². The number of rotatable bonds is 8. The normalized spacial score (nSPS) is 21.3. The van der Waals surface area contributed by atoms with E-state index in [1.165, 1.54) is 12.1 Å². The van der Waals surface area contributed by atoms with Gasteiger partial charge in [-0.05, 0) is 37.1 Å². The van der Waals surface area contributed by atoms with Crippen molar-refractivity contribution in [1.29, 1.82) is 0 Å². The first-order valence-electron chi connectivity index (χ1n) is 9.47. The minimum absolute atomic E-state index is 0.0551. The van der Waals surface area contributed by atoms with Gasteiger partial charge in [0.05, 0.1) is 11.0 Å². The average Bonchev–Trinajstić information content (AvgIpc) is 3.21. The van der Waals surface area contributed by atoms with Crippen LogP contribution in [0.3, 0.4) is 0 Å². The Labute approximate surface area is 160 Å². The molecule has 0 bridgehead atoms. The Morgan fingerprint density at radius 3 is 2.63 bits per heavy atom. The van der Waals surface area contributed by atoms with Crippen LogP contribution in [-0.4, -0.2) is 77.7 Å². The summed E-state index contributed by atoms with van der Waals surface area (Å²) >= 11 is 0. The van der Waals surface area contributed by atoms with Crippen LogP contribution in [0.25, 0.3) is 0 Å². The van der Waals surface area contributed by atoms with E-state index >= 15 is 0 Å². The van der Waals surface area contributed by atoms with Gasteiger partial charge in [-0.1, -0.05) is 0 Å². The highest BCUT2D eigenvalue weighted by atomic mass is 32.2. The lowest BCUT2D eigenvalue weighted by Crippen LogP contribution is -2.46. The molecule has 2 saturated heterocycles. The van der Waals surface area contributed by atoms with Crippen molar-refractivity contribution in [2.24, 2.45) is 0 Å². The van der Waals surface area contributed by atoms with Crippen LogP contribution >= 0.6 is 0 Å². The van der Waals surface area contributed by atoms with E-state index in [0.29, 0.717) is 18.7 Å². The van der Waals surface area contributed by atoms with E-state index in [2.05, 4.69) is 20.3 Å². The number of sulfonamides is 1. The SMILES string of the molecule is O=C(NCCN1CCNCC1)c1ccc(S(=O)(=O)NCC2CCCO2)cc1. The van der Waals surface area contributed by atoms with Gasteiger partial charge in [-0.25, -0.2) is 13.1 Å². The summed E-state index contributed by atoms with van der Waals surface area (Å²) in [4.78, 5) is 14.7. The molecule has 0 aliphatic carbocycles. The van der Waals surface area contributed by atoms with Gasteiger partial charge in [0.15, 0.2) is 0 Å². The number of hydrogen-bond donors (Lipinski definition) is 3. The molecule has 1 unspecified atom stereocenters. The molecule has 9 heteroatoms. The maximum absolute atomic E-state index is 12.3. The standard InChI is InChI=1S/C18H28N4O4S/c23-18(20-9-12-22-10-7-19-8-11-22)15-3-5-17(6-4-15)27(24,25)21-14-16-2-1-13-26-16/h3-6,16,19,21H,1-2,7-14H2,(H,20,23). The van der Waals surface area contributed by atoms with Crippen molar-refractivity contribution in [3.05, 3.63) is 29.8 Å². The summed E-state index contributed by atoms with van der Waals surface area (Å²) in [7, 11) is -3.60. The highest BCUT2D eigenvalue weighted by Crippen LogP contribution is 2.14. The molecule has 150 valence electrons. The van der Waals surface area contributed by atoms with E-state index in [-0.39, 0.29) is 23.5 Å². The number of nitrogens with zero attached hydrogens (tertiary/aromatic N) is 1. The van der Waals surface area contributed by atoms with Gasteiger partial charge in [0.25, 0.3) is 5.91 Å². The van der Waals surface area contributed by atoms with Gasteiger partial charge in [-0.3, -0.25) is 9.69 Å². The number of amides is 1. The van der Waals surface area contributed by atoms with Gasteiger partial charge in [0.2, 0.25) is 10.0 Å². The molecule has 1 aromatic rings. The van der Waals surface area contributed by atoms with Crippen LogP contribution in [0.2, 0.25) is 0 Å². The number of benzene rings is 1. The molecule has 2 heterocycles. The Morgan fingerprint density at radius 1 is 1.22 bits per heavy atom. The molecule has 3 rings (SSSR count). The van der Waals surface area contributed by atoms with Crippen molar-refractivity contribution in [3.63, 3.8) is 0 Å². The molecule has 0 spiro atoms. The molecule has 2 aliphatic rings. The lowest BCUT2D eigenvalue weighted by molar-refractivity contribution is 0.0947. The fourth-order valence-corrected chi connectivity index (χ4v) is 4.31. The predicted octanol–water partition coefficient (Wildman–Crippen LogP) is -0.221.